The molecule has 0 saturated carbocycles. The van der Waals surface area contributed by atoms with Crippen molar-refractivity contribution in [3.05, 3.63) is 68.4 Å². The van der Waals surface area contributed by atoms with Crippen LogP contribution in [0.3, 0.4) is 0 Å². The van der Waals surface area contributed by atoms with Gasteiger partial charge in [0, 0.05) is 18.2 Å². The van der Waals surface area contributed by atoms with Crippen LogP contribution in [0, 0.1) is 12.7 Å². The lowest BCUT2D eigenvalue weighted by Gasteiger charge is -2.26. The van der Waals surface area contributed by atoms with Crippen molar-refractivity contribution in [2.45, 2.75) is 39.0 Å². The predicted molar refractivity (Wildman–Crippen MR) is 140 cm³/mol. The van der Waals surface area contributed by atoms with Gasteiger partial charge in [0.1, 0.15) is 39.6 Å². The third-order valence-corrected chi connectivity index (χ3v) is 7.55. The number of fused-ring (bicyclic) bond motifs is 1. The average Bonchev–Trinajstić information content (AvgIpc) is 3.54. The molecule has 0 radical (unpaired) electrons. The quantitative estimate of drug-likeness (QED) is 0.227. The topological polar surface area (TPSA) is 140 Å². The molecule has 1 N–H and O–H groups in total. The molecule has 0 saturated heterocycles. The molecule has 1 atom stereocenters. The third kappa shape index (κ3) is 5.10. The Morgan fingerprint density at radius 3 is 2.51 bits per heavy atom. The van der Waals surface area contributed by atoms with Crippen molar-refractivity contribution in [2.75, 3.05) is 27.4 Å². The number of thiophene rings is 1. The second-order valence-electron chi connectivity index (χ2n) is 9.15. The van der Waals surface area contributed by atoms with Crippen LogP contribution in [0.2, 0.25) is 0 Å². The standard InChI is InChI=1S/C25H28FN5O7S/c1-14-19-20(33)30(25(2,3)23(34)38-11-10-36-4)24(35)29(22(19)39-21(14)31-27-8-9-28-31)13-17(32)16-12-15(26)6-7-18(16)37-5/h6-9,12,17,32H,10-11,13H2,1-5H3/t17-/m0/s1. The SMILES string of the molecule is COCCOC(=O)C(C)(C)n1c(=O)c2c(C)c(-n3nccn3)sc2n(C[C@H](O)c2cc(F)ccc2OC)c1=O. The van der Waals surface area contributed by atoms with Gasteiger partial charge in [-0.25, -0.2) is 18.5 Å². The predicted octanol–water partition coefficient (Wildman–Crippen LogP) is 1.92. The first-order valence-electron chi connectivity index (χ1n) is 11.9. The van der Waals surface area contributed by atoms with E-state index in [4.69, 9.17) is 14.2 Å². The number of aliphatic hydroxyl groups excluding tert-OH is 1. The molecular formula is C25H28FN5O7S. The summed E-state index contributed by atoms with van der Waals surface area (Å²) >= 11 is 1.07. The van der Waals surface area contributed by atoms with Crippen LogP contribution >= 0.6 is 11.3 Å². The van der Waals surface area contributed by atoms with Crippen molar-refractivity contribution in [3.63, 3.8) is 0 Å². The fourth-order valence-corrected chi connectivity index (χ4v) is 5.44. The van der Waals surface area contributed by atoms with Crippen LogP contribution in [-0.4, -0.2) is 62.6 Å². The van der Waals surface area contributed by atoms with Gasteiger partial charge in [0.05, 0.1) is 38.0 Å². The molecule has 1 aromatic carbocycles. The molecule has 0 bridgehead atoms. The number of aryl methyl sites for hydroxylation is 1. The van der Waals surface area contributed by atoms with E-state index in [1.807, 2.05) is 0 Å². The van der Waals surface area contributed by atoms with E-state index in [9.17, 15) is 23.9 Å². The number of carbonyl (C=O) groups excluding carboxylic acids is 1. The zero-order chi connectivity index (χ0) is 28.5. The number of carbonyl (C=O) groups is 1. The zero-order valence-corrected chi connectivity index (χ0v) is 22.8. The van der Waals surface area contributed by atoms with Crippen LogP contribution in [0.5, 0.6) is 5.75 Å². The van der Waals surface area contributed by atoms with Crippen molar-refractivity contribution in [1.82, 2.24) is 24.1 Å². The number of aliphatic hydroxyl groups is 1. The van der Waals surface area contributed by atoms with Crippen LogP contribution < -0.4 is 16.0 Å². The number of aromatic nitrogens is 5. The average molecular weight is 562 g/mol. The van der Waals surface area contributed by atoms with E-state index in [-0.39, 0.29) is 41.3 Å². The van der Waals surface area contributed by atoms with Gasteiger partial charge < -0.3 is 19.3 Å². The van der Waals surface area contributed by atoms with Crippen molar-refractivity contribution < 1.29 is 28.5 Å². The summed E-state index contributed by atoms with van der Waals surface area (Å²) in [6.45, 7) is 4.14. The Labute approximate surface area is 225 Å². The van der Waals surface area contributed by atoms with Crippen LogP contribution in [0.1, 0.15) is 31.1 Å². The van der Waals surface area contributed by atoms with Gasteiger partial charge in [-0.15, -0.1) is 4.80 Å². The molecule has 0 spiro atoms. The summed E-state index contributed by atoms with van der Waals surface area (Å²) in [6, 6.07) is 3.66. The summed E-state index contributed by atoms with van der Waals surface area (Å²) in [4.78, 5) is 42.3. The van der Waals surface area contributed by atoms with Gasteiger partial charge >= 0.3 is 11.7 Å². The molecule has 4 aromatic rings. The first kappa shape index (κ1) is 28.1. The van der Waals surface area contributed by atoms with E-state index in [0.717, 1.165) is 22.0 Å². The summed E-state index contributed by atoms with van der Waals surface area (Å²) in [5, 5.41) is 20.0. The monoisotopic (exact) mass is 561 g/mol. The highest BCUT2D eigenvalue weighted by atomic mass is 32.1. The highest BCUT2D eigenvalue weighted by Gasteiger charge is 2.37. The largest absolute Gasteiger partial charge is 0.496 e. The minimum absolute atomic E-state index is 0.0748. The van der Waals surface area contributed by atoms with Crippen LogP contribution in [0.15, 0.2) is 40.2 Å². The number of ether oxygens (including phenoxy) is 3. The number of halogens is 1. The van der Waals surface area contributed by atoms with Gasteiger partial charge in [0.2, 0.25) is 0 Å². The third-order valence-electron chi connectivity index (χ3n) is 6.27. The van der Waals surface area contributed by atoms with Gasteiger partial charge in [0.25, 0.3) is 5.56 Å². The number of methoxy groups -OCH3 is 2. The molecule has 0 aliphatic rings. The Balaban J connectivity index is 1.96. The Morgan fingerprint density at radius 1 is 1.18 bits per heavy atom. The lowest BCUT2D eigenvalue weighted by Crippen LogP contribution is -2.53. The molecule has 39 heavy (non-hydrogen) atoms. The molecule has 208 valence electrons. The van der Waals surface area contributed by atoms with Crippen LogP contribution in [-0.2, 0) is 26.4 Å². The number of nitrogens with zero attached hydrogens (tertiary/aromatic N) is 5. The first-order chi connectivity index (χ1) is 18.5. The van der Waals surface area contributed by atoms with Gasteiger partial charge in [-0.3, -0.25) is 9.36 Å². The molecule has 12 nitrogen and oxygen atoms in total. The van der Waals surface area contributed by atoms with E-state index < -0.39 is 34.7 Å². The van der Waals surface area contributed by atoms with Crippen molar-refractivity contribution in [2.24, 2.45) is 0 Å². The van der Waals surface area contributed by atoms with E-state index in [2.05, 4.69) is 10.2 Å². The molecule has 0 amide bonds. The Kier molecular flexibility index (Phi) is 7.99. The fourth-order valence-electron chi connectivity index (χ4n) is 4.22. The summed E-state index contributed by atoms with van der Waals surface area (Å²) in [5.74, 6) is -1.21. The lowest BCUT2D eigenvalue weighted by molar-refractivity contribution is -0.154. The minimum atomic E-state index is -1.72. The highest BCUT2D eigenvalue weighted by Crippen LogP contribution is 2.33. The Morgan fingerprint density at radius 2 is 1.87 bits per heavy atom. The van der Waals surface area contributed by atoms with E-state index in [0.29, 0.717) is 10.6 Å². The van der Waals surface area contributed by atoms with E-state index in [1.54, 1.807) is 6.92 Å². The maximum absolute atomic E-state index is 14.1. The van der Waals surface area contributed by atoms with E-state index >= 15 is 0 Å². The smallest absolute Gasteiger partial charge is 0.333 e. The fraction of sp³-hybridized carbons (Fsp3) is 0.400. The summed E-state index contributed by atoms with van der Waals surface area (Å²) < 4.78 is 31.5. The van der Waals surface area contributed by atoms with Gasteiger partial charge in [-0.2, -0.15) is 10.2 Å². The van der Waals surface area contributed by atoms with Crippen molar-refractivity contribution in [1.29, 1.82) is 0 Å². The molecule has 3 heterocycles. The number of rotatable bonds is 10. The molecule has 3 aromatic heterocycles. The second-order valence-corrected chi connectivity index (χ2v) is 10.1. The van der Waals surface area contributed by atoms with Crippen LogP contribution in [0.25, 0.3) is 15.2 Å². The number of esters is 1. The molecule has 0 unspecified atom stereocenters. The van der Waals surface area contributed by atoms with Crippen molar-refractivity contribution >= 4 is 27.5 Å². The Hall–Kier alpha value is -3.88. The zero-order valence-electron chi connectivity index (χ0n) is 22.0. The normalized spacial score (nSPS) is 12.6. The molecule has 4 rings (SSSR count). The van der Waals surface area contributed by atoms with Gasteiger partial charge in [0.15, 0.2) is 0 Å². The maximum atomic E-state index is 14.1. The van der Waals surface area contributed by atoms with Crippen molar-refractivity contribution in [3.8, 4) is 10.8 Å². The molecule has 14 heteroatoms. The Bertz CT molecular complexity index is 1620. The highest BCUT2D eigenvalue weighted by molar-refractivity contribution is 7.21. The van der Waals surface area contributed by atoms with Gasteiger partial charge in [-0.1, -0.05) is 11.3 Å². The second kappa shape index (κ2) is 11.1. The summed E-state index contributed by atoms with van der Waals surface area (Å²) in [5.41, 5.74) is -2.73. The maximum Gasteiger partial charge on any atom is 0.333 e. The first-order valence-corrected chi connectivity index (χ1v) is 12.7. The number of hydrogen-bond donors (Lipinski definition) is 1. The summed E-state index contributed by atoms with van der Waals surface area (Å²) in [6.07, 6.45) is 1.52. The minimum Gasteiger partial charge on any atom is -0.496 e. The summed E-state index contributed by atoms with van der Waals surface area (Å²) in [7, 11) is 2.82. The molecule has 0 aliphatic carbocycles. The molecule has 0 fully saturated rings. The lowest BCUT2D eigenvalue weighted by atomic mass is 10.0. The molecular weight excluding hydrogens is 533 g/mol. The number of hydrogen-bond acceptors (Lipinski definition) is 10. The van der Waals surface area contributed by atoms with E-state index in [1.165, 1.54) is 62.0 Å². The van der Waals surface area contributed by atoms with Crippen LogP contribution in [0.4, 0.5) is 4.39 Å². The van der Waals surface area contributed by atoms with Gasteiger partial charge in [-0.05, 0) is 39.0 Å². The number of benzene rings is 1. The molecule has 0 aliphatic heterocycles.